The van der Waals surface area contributed by atoms with Gasteiger partial charge < -0.3 is 20.5 Å². The molecule has 0 spiro atoms. The van der Waals surface area contributed by atoms with Gasteiger partial charge in [-0.2, -0.15) is 0 Å². The van der Waals surface area contributed by atoms with E-state index in [2.05, 4.69) is 5.32 Å². The molecule has 1 atom stereocenters. The highest BCUT2D eigenvalue weighted by Crippen LogP contribution is 2.15. The molecule has 0 radical (unpaired) electrons. The van der Waals surface area contributed by atoms with Crippen molar-refractivity contribution in [2.75, 3.05) is 27.3 Å². The van der Waals surface area contributed by atoms with Gasteiger partial charge in [-0.1, -0.05) is 24.3 Å². The number of aryl methyl sites for hydroxylation is 1. The van der Waals surface area contributed by atoms with Crippen molar-refractivity contribution in [3.63, 3.8) is 0 Å². The number of methoxy groups -OCH3 is 2. The average Bonchev–Trinajstić information content (AvgIpc) is 2.52. The summed E-state index contributed by atoms with van der Waals surface area (Å²) in [7, 11) is 3.19. The number of hydrogen-bond acceptors (Lipinski definition) is 4. The quantitative estimate of drug-likeness (QED) is 0.672. The first-order chi connectivity index (χ1) is 10.2. The molecule has 0 saturated heterocycles. The van der Waals surface area contributed by atoms with Crippen LogP contribution in [0.25, 0.3) is 0 Å². The van der Waals surface area contributed by atoms with Crippen LogP contribution in [-0.4, -0.2) is 39.3 Å². The summed E-state index contributed by atoms with van der Waals surface area (Å²) in [5, 5.41) is 2.80. The van der Waals surface area contributed by atoms with E-state index in [1.807, 2.05) is 30.3 Å². The lowest BCUT2D eigenvalue weighted by atomic mass is 10.1. The molecular formula is C16H24N2O3. The van der Waals surface area contributed by atoms with Gasteiger partial charge in [-0.15, -0.1) is 0 Å². The van der Waals surface area contributed by atoms with Gasteiger partial charge in [0.05, 0.1) is 7.11 Å². The summed E-state index contributed by atoms with van der Waals surface area (Å²) in [6, 6.07) is 7.81. The highest BCUT2D eigenvalue weighted by atomic mass is 16.5. The summed E-state index contributed by atoms with van der Waals surface area (Å²) < 4.78 is 10.4. The number of amides is 1. The molecule has 0 fully saturated rings. The summed E-state index contributed by atoms with van der Waals surface area (Å²) in [6.45, 7) is 0.939. The zero-order chi connectivity index (χ0) is 15.5. The van der Waals surface area contributed by atoms with Crippen molar-refractivity contribution in [3.8, 4) is 5.75 Å². The second-order valence-corrected chi connectivity index (χ2v) is 4.57. The molecule has 0 saturated carbocycles. The van der Waals surface area contributed by atoms with Crippen LogP contribution in [0.15, 0.2) is 36.4 Å². The van der Waals surface area contributed by atoms with Gasteiger partial charge in [0.1, 0.15) is 11.9 Å². The molecule has 1 rings (SSSR count). The van der Waals surface area contributed by atoms with Crippen molar-refractivity contribution in [2.45, 2.75) is 18.9 Å². The predicted molar refractivity (Wildman–Crippen MR) is 83.3 cm³/mol. The molecular weight excluding hydrogens is 268 g/mol. The standard InChI is InChI=1S/C16H24N2O3/c1-20-14-7-5-6-13(12-14)8-9-15(21-2)16(19)18-11-4-3-10-17/h3-7,12,15H,8-11,17H2,1-2H3,(H,18,19)/b4-3+. The molecule has 1 unspecified atom stereocenters. The van der Waals surface area contributed by atoms with Crippen LogP contribution < -0.4 is 15.8 Å². The Morgan fingerprint density at radius 1 is 1.38 bits per heavy atom. The lowest BCUT2D eigenvalue weighted by Crippen LogP contribution is -2.36. The van der Waals surface area contributed by atoms with E-state index in [0.29, 0.717) is 19.5 Å². The molecule has 21 heavy (non-hydrogen) atoms. The summed E-state index contributed by atoms with van der Waals surface area (Å²) in [5.41, 5.74) is 6.45. The van der Waals surface area contributed by atoms with Crippen LogP contribution in [0.4, 0.5) is 0 Å². The second kappa shape index (κ2) is 9.96. The Labute approximate surface area is 126 Å². The van der Waals surface area contributed by atoms with Crippen LogP contribution in [-0.2, 0) is 16.0 Å². The zero-order valence-corrected chi connectivity index (χ0v) is 12.7. The Hall–Kier alpha value is -1.85. The Morgan fingerprint density at radius 2 is 2.19 bits per heavy atom. The molecule has 0 aliphatic rings. The van der Waals surface area contributed by atoms with Crippen LogP contribution >= 0.6 is 0 Å². The van der Waals surface area contributed by atoms with Crippen molar-refractivity contribution in [1.29, 1.82) is 0 Å². The number of rotatable bonds is 9. The first-order valence-electron chi connectivity index (χ1n) is 6.99. The third-order valence-electron chi connectivity index (χ3n) is 3.10. The fourth-order valence-corrected chi connectivity index (χ4v) is 1.93. The van der Waals surface area contributed by atoms with Gasteiger partial charge in [0.2, 0.25) is 5.91 Å². The predicted octanol–water partition coefficient (Wildman–Crippen LogP) is 1.27. The molecule has 1 amide bonds. The largest absolute Gasteiger partial charge is 0.497 e. The van der Waals surface area contributed by atoms with Gasteiger partial charge in [0, 0.05) is 20.2 Å². The smallest absolute Gasteiger partial charge is 0.249 e. The SMILES string of the molecule is COc1cccc(CCC(OC)C(=O)NC/C=C/CN)c1. The molecule has 3 N–H and O–H groups in total. The number of carbonyl (C=O) groups is 1. The van der Waals surface area contributed by atoms with Crippen molar-refractivity contribution >= 4 is 5.91 Å². The fraction of sp³-hybridized carbons (Fsp3) is 0.438. The maximum absolute atomic E-state index is 12.0. The first kappa shape index (κ1) is 17.2. The van der Waals surface area contributed by atoms with E-state index in [9.17, 15) is 4.79 Å². The van der Waals surface area contributed by atoms with Crippen molar-refractivity contribution in [3.05, 3.63) is 42.0 Å². The van der Waals surface area contributed by atoms with Crippen molar-refractivity contribution in [2.24, 2.45) is 5.73 Å². The molecule has 5 heteroatoms. The lowest BCUT2D eigenvalue weighted by molar-refractivity contribution is -0.131. The number of benzene rings is 1. The van der Waals surface area contributed by atoms with E-state index < -0.39 is 6.10 Å². The summed E-state index contributed by atoms with van der Waals surface area (Å²) in [4.78, 5) is 12.0. The molecule has 0 aliphatic carbocycles. The second-order valence-electron chi connectivity index (χ2n) is 4.57. The van der Waals surface area contributed by atoms with Gasteiger partial charge in [-0.25, -0.2) is 0 Å². The van der Waals surface area contributed by atoms with Gasteiger partial charge in [-0.3, -0.25) is 4.79 Å². The Morgan fingerprint density at radius 3 is 2.86 bits per heavy atom. The van der Waals surface area contributed by atoms with Gasteiger partial charge >= 0.3 is 0 Å². The average molecular weight is 292 g/mol. The number of carbonyl (C=O) groups excluding carboxylic acids is 1. The van der Waals surface area contributed by atoms with Crippen LogP contribution in [0.5, 0.6) is 5.75 Å². The maximum Gasteiger partial charge on any atom is 0.249 e. The topological polar surface area (TPSA) is 73.6 Å². The Bertz CT molecular complexity index is 461. The number of ether oxygens (including phenoxy) is 2. The highest BCUT2D eigenvalue weighted by molar-refractivity contribution is 5.80. The van der Waals surface area contributed by atoms with E-state index in [0.717, 1.165) is 17.7 Å². The summed E-state index contributed by atoms with van der Waals surface area (Å²) in [5.74, 6) is 0.708. The Kier molecular flexibility index (Phi) is 8.16. The molecule has 1 aromatic carbocycles. The number of hydrogen-bond donors (Lipinski definition) is 2. The van der Waals surface area contributed by atoms with Crippen molar-refractivity contribution in [1.82, 2.24) is 5.32 Å². The van der Waals surface area contributed by atoms with Gasteiger partial charge in [0.25, 0.3) is 0 Å². The van der Waals surface area contributed by atoms with E-state index in [1.54, 1.807) is 20.3 Å². The normalized spacial score (nSPS) is 12.3. The van der Waals surface area contributed by atoms with Gasteiger partial charge in [0.15, 0.2) is 0 Å². The van der Waals surface area contributed by atoms with E-state index >= 15 is 0 Å². The van der Waals surface area contributed by atoms with Crippen LogP contribution in [0.2, 0.25) is 0 Å². The third kappa shape index (κ3) is 6.42. The third-order valence-corrected chi connectivity index (χ3v) is 3.10. The lowest BCUT2D eigenvalue weighted by Gasteiger charge is -2.14. The molecule has 5 nitrogen and oxygen atoms in total. The number of nitrogens with two attached hydrogens (primary N) is 1. The molecule has 0 bridgehead atoms. The van der Waals surface area contributed by atoms with E-state index in [1.165, 1.54) is 0 Å². The minimum Gasteiger partial charge on any atom is -0.497 e. The maximum atomic E-state index is 12.0. The van der Waals surface area contributed by atoms with Gasteiger partial charge in [-0.05, 0) is 30.5 Å². The minimum atomic E-state index is -0.456. The number of nitrogens with one attached hydrogen (secondary N) is 1. The molecule has 0 heterocycles. The zero-order valence-electron chi connectivity index (χ0n) is 12.7. The molecule has 1 aromatic rings. The first-order valence-corrected chi connectivity index (χ1v) is 6.99. The molecule has 0 aromatic heterocycles. The van der Waals surface area contributed by atoms with E-state index in [-0.39, 0.29) is 5.91 Å². The minimum absolute atomic E-state index is 0.109. The molecule has 0 aliphatic heterocycles. The van der Waals surface area contributed by atoms with Crippen LogP contribution in [0.1, 0.15) is 12.0 Å². The fourth-order valence-electron chi connectivity index (χ4n) is 1.93. The van der Waals surface area contributed by atoms with Crippen molar-refractivity contribution < 1.29 is 14.3 Å². The molecule has 116 valence electrons. The van der Waals surface area contributed by atoms with Crippen LogP contribution in [0, 0.1) is 0 Å². The monoisotopic (exact) mass is 292 g/mol. The highest BCUT2D eigenvalue weighted by Gasteiger charge is 2.16. The summed E-state index contributed by atoms with van der Waals surface area (Å²) in [6.07, 6.45) is 4.55. The Balaban J connectivity index is 2.45. The van der Waals surface area contributed by atoms with Crippen LogP contribution in [0.3, 0.4) is 0 Å². The van der Waals surface area contributed by atoms with E-state index in [4.69, 9.17) is 15.2 Å². The summed E-state index contributed by atoms with van der Waals surface area (Å²) >= 11 is 0.